The fraction of sp³-hybridized carbons (Fsp3) is 0.381. The van der Waals surface area contributed by atoms with E-state index >= 15 is 0 Å². The fourth-order valence-electron chi connectivity index (χ4n) is 2.99. The minimum Gasteiger partial charge on any atom is -0.370 e. The van der Waals surface area contributed by atoms with Crippen LogP contribution in [-0.2, 0) is 4.74 Å². The van der Waals surface area contributed by atoms with Crippen molar-refractivity contribution in [1.29, 1.82) is 0 Å². The van der Waals surface area contributed by atoms with Crippen LogP contribution >= 0.6 is 46.1 Å². The summed E-state index contributed by atoms with van der Waals surface area (Å²) in [5.74, 6) is 0.0352. The number of hydrogen-bond donors (Lipinski definition) is 0. The van der Waals surface area contributed by atoms with Gasteiger partial charge in [-0.15, -0.1) is 11.3 Å². The third kappa shape index (κ3) is 6.12. The first kappa shape index (κ1) is 22.4. The molecule has 2 unspecified atom stereocenters. The predicted octanol–water partition coefficient (Wildman–Crippen LogP) is 6.41. The zero-order valence-electron chi connectivity index (χ0n) is 16.1. The molecular formula is C21H23Cl3N2O2S. The first-order valence-electron chi connectivity index (χ1n) is 9.45. The summed E-state index contributed by atoms with van der Waals surface area (Å²) in [7, 11) is 0. The van der Waals surface area contributed by atoms with Gasteiger partial charge in [-0.1, -0.05) is 60.3 Å². The minimum atomic E-state index is -0.416. The van der Waals surface area contributed by atoms with E-state index in [-0.39, 0.29) is 18.4 Å². The average molecular weight is 474 g/mol. The van der Waals surface area contributed by atoms with Gasteiger partial charge in [0, 0.05) is 24.0 Å². The van der Waals surface area contributed by atoms with Crippen molar-refractivity contribution in [2.45, 2.75) is 31.4 Å². The van der Waals surface area contributed by atoms with Crippen LogP contribution < -0.4 is 0 Å². The lowest BCUT2D eigenvalue weighted by Crippen LogP contribution is -2.37. The number of benzene rings is 1. The highest BCUT2D eigenvalue weighted by molar-refractivity contribution is 7.18. The number of halogens is 3. The molecule has 2 atom stereocenters. The van der Waals surface area contributed by atoms with Crippen LogP contribution in [0.2, 0.25) is 9.36 Å². The molecule has 2 heterocycles. The molecule has 4 nitrogen and oxygen atoms in total. The average Bonchev–Trinajstić information content (AvgIpc) is 3.35. The number of nitrogens with zero attached hydrogens (tertiary/aromatic N) is 2. The standard InChI is InChI=1S/C21H23Cl3N2O2S/c1-2-3-12-28-20(15-4-6-16(22)7-5-15)21(24)26-11-10-25(14-26)13-17(27)18-8-9-19(23)29-18/h4-11,20-21H,2-3,12-14H2,1H3. The zero-order valence-corrected chi connectivity index (χ0v) is 19.1. The first-order valence-corrected chi connectivity index (χ1v) is 11.5. The van der Waals surface area contributed by atoms with Crippen molar-refractivity contribution < 1.29 is 9.53 Å². The summed E-state index contributed by atoms with van der Waals surface area (Å²) in [6, 6.07) is 11.1. The quantitative estimate of drug-likeness (QED) is 0.173. The van der Waals surface area contributed by atoms with E-state index < -0.39 is 5.50 Å². The van der Waals surface area contributed by atoms with Gasteiger partial charge in [0.1, 0.15) is 11.6 Å². The van der Waals surface area contributed by atoms with E-state index in [1.54, 1.807) is 12.1 Å². The van der Waals surface area contributed by atoms with Crippen LogP contribution in [0.15, 0.2) is 48.8 Å². The fourth-order valence-corrected chi connectivity index (χ4v) is 4.43. The van der Waals surface area contributed by atoms with Crippen LogP contribution in [0.4, 0.5) is 0 Å². The van der Waals surface area contributed by atoms with Crippen LogP contribution in [0.5, 0.6) is 0 Å². The lowest BCUT2D eigenvalue weighted by Gasteiger charge is -2.31. The van der Waals surface area contributed by atoms with Crippen LogP contribution in [0.3, 0.4) is 0 Å². The molecule has 156 valence electrons. The highest BCUT2D eigenvalue weighted by atomic mass is 35.5. The third-order valence-corrected chi connectivity index (χ3v) is 6.57. The lowest BCUT2D eigenvalue weighted by atomic mass is 10.1. The molecular weight excluding hydrogens is 451 g/mol. The molecule has 8 heteroatoms. The maximum atomic E-state index is 12.4. The van der Waals surface area contributed by atoms with Crippen molar-refractivity contribution in [2.24, 2.45) is 0 Å². The van der Waals surface area contributed by atoms with Crippen molar-refractivity contribution in [2.75, 3.05) is 19.8 Å². The topological polar surface area (TPSA) is 32.8 Å². The van der Waals surface area contributed by atoms with Crippen molar-refractivity contribution >= 4 is 51.9 Å². The van der Waals surface area contributed by atoms with Gasteiger partial charge in [-0.25, -0.2) is 0 Å². The molecule has 0 aliphatic carbocycles. The summed E-state index contributed by atoms with van der Waals surface area (Å²) in [4.78, 5) is 17.0. The van der Waals surface area contributed by atoms with E-state index in [2.05, 4.69) is 6.92 Å². The van der Waals surface area contributed by atoms with Crippen LogP contribution in [0.25, 0.3) is 0 Å². The SMILES string of the molecule is CCCCOC(c1ccc(Cl)cc1)C(Cl)N1C=CN(CC(=O)c2ccc(Cl)s2)C1. The maximum absolute atomic E-state index is 12.4. The number of ether oxygens (including phenoxy) is 1. The molecule has 0 saturated carbocycles. The molecule has 29 heavy (non-hydrogen) atoms. The molecule has 0 amide bonds. The lowest BCUT2D eigenvalue weighted by molar-refractivity contribution is 0.0164. The van der Waals surface area contributed by atoms with E-state index in [0.29, 0.717) is 27.5 Å². The number of hydrogen-bond acceptors (Lipinski definition) is 5. The second-order valence-corrected chi connectivity index (χ2v) is 9.40. The molecule has 2 aromatic rings. The summed E-state index contributed by atoms with van der Waals surface area (Å²) in [6.45, 7) is 3.54. The van der Waals surface area contributed by atoms with E-state index in [1.807, 2.05) is 46.5 Å². The molecule has 1 aromatic carbocycles. The summed E-state index contributed by atoms with van der Waals surface area (Å²) in [5.41, 5.74) is 0.558. The molecule has 0 bridgehead atoms. The number of alkyl halides is 1. The Morgan fingerprint density at radius 3 is 2.59 bits per heavy atom. The normalized spacial score (nSPS) is 15.7. The van der Waals surface area contributed by atoms with Crippen molar-refractivity contribution in [3.8, 4) is 0 Å². The van der Waals surface area contributed by atoms with Gasteiger partial charge in [0.05, 0.1) is 22.4 Å². The molecule has 1 aliphatic rings. The van der Waals surface area contributed by atoms with Gasteiger partial charge in [0.15, 0.2) is 5.78 Å². The second-order valence-electron chi connectivity index (χ2n) is 6.80. The van der Waals surface area contributed by atoms with Gasteiger partial charge < -0.3 is 14.5 Å². The van der Waals surface area contributed by atoms with Crippen molar-refractivity contribution in [3.63, 3.8) is 0 Å². The minimum absolute atomic E-state index is 0.0352. The van der Waals surface area contributed by atoms with E-state index in [1.165, 1.54) is 11.3 Å². The summed E-state index contributed by atoms with van der Waals surface area (Å²) in [6.07, 6.45) is 5.49. The van der Waals surface area contributed by atoms with E-state index in [9.17, 15) is 4.79 Å². The van der Waals surface area contributed by atoms with Crippen molar-refractivity contribution in [3.05, 3.63) is 68.6 Å². The summed E-state index contributed by atoms with van der Waals surface area (Å²) >= 11 is 20.1. The van der Waals surface area contributed by atoms with Crippen LogP contribution in [0.1, 0.15) is 41.1 Å². The van der Waals surface area contributed by atoms with E-state index in [4.69, 9.17) is 39.5 Å². The molecule has 0 saturated heterocycles. The molecule has 0 N–H and O–H groups in total. The highest BCUT2D eigenvalue weighted by Crippen LogP contribution is 2.31. The molecule has 0 radical (unpaired) electrons. The molecule has 1 aliphatic heterocycles. The predicted molar refractivity (Wildman–Crippen MR) is 121 cm³/mol. The largest absolute Gasteiger partial charge is 0.370 e. The van der Waals surface area contributed by atoms with Gasteiger partial charge >= 0.3 is 0 Å². The Labute approximate surface area is 190 Å². The number of thiophene rings is 1. The Bertz CT molecular complexity index is 841. The Morgan fingerprint density at radius 1 is 1.17 bits per heavy atom. The van der Waals surface area contributed by atoms with Crippen LogP contribution in [0, 0.1) is 0 Å². The molecule has 0 spiro atoms. The monoisotopic (exact) mass is 472 g/mol. The summed E-state index contributed by atoms with van der Waals surface area (Å²) in [5, 5.41) is 0.673. The van der Waals surface area contributed by atoms with Gasteiger partial charge in [-0.3, -0.25) is 4.79 Å². The zero-order chi connectivity index (χ0) is 20.8. The Hall–Kier alpha value is -1.24. The second kappa shape index (κ2) is 10.7. The Kier molecular flexibility index (Phi) is 8.27. The number of carbonyl (C=O) groups excluding carboxylic acids is 1. The smallest absolute Gasteiger partial charge is 0.192 e. The van der Waals surface area contributed by atoms with Gasteiger partial charge in [0.2, 0.25) is 0 Å². The molecule has 3 rings (SSSR count). The third-order valence-electron chi connectivity index (χ3n) is 4.57. The Balaban J connectivity index is 1.63. The first-order chi connectivity index (χ1) is 14.0. The van der Waals surface area contributed by atoms with Gasteiger partial charge in [0.25, 0.3) is 0 Å². The summed E-state index contributed by atoms with van der Waals surface area (Å²) < 4.78 is 6.74. The maximum Gasteiger partial charge on any atom is 0.192 e. The Morgan fingerprint density at radius 2 is 1.93 bits per heavy atom. The molecule has 0 fully saturated rings. The van der Waals surface area contributed by atoms with Gasteiger partial charge in [-0.05, 0) is 36.2 Å². The van der Waals surface area contributed by atoms with Crippen LogP contribution in [-0.4, -0.2) is 40.9 Å². The number of rotatable bonds is 10. The van der Waals surface area contributed by atoms with E-state index in [0.717, 1.165) is 18.4 Å². The number of Topliss-reactive ketones (excluding diaryl/α,β-unsaturated/α-hetero) is 1. The molecule has 1 aromatic heterocycles. The number of ketones is 1. The number of unbranched alkanes of at least 4 members (excludes halogenated alkanes) is 1. The highest BCUT2D eigenvalue weighted by Gasteiger charge is 2.30. The number of carbonyl (C=O) groups is 1. The van der Waals surface area contributed by atoms with Crippen molar-refractivity contribution in [1.82, 2.24) is 9.80 Å². The van der Waals surface area contributed by atoms with Gasteiger partial charge in [-0.2, -0.15) is 0 Å².